The first kappa shape index (κ1) is 16.8. The number of ether oxygens (including phenoxy) is 1. The second-order valence-electron chi connectivity index (χ2n) is 7.98. The lowest BCUT2D eigenvalue weighted by molar-refractivity contribution is -0.173. The predicted octanol–water partition coefficient (Wildman–Crippen LogP) is 3.29. The van der Waals surface area contributed by atoms with E-state index in [4.69, 9.17) is 4.74 Å². The topological polar surface area (TPSA) is 50.3 Å². The molecule has 2 aliphatic heterocycles. The van der Waals surface area contributed by atoms with Gasteiger partial charge in [0.25, 0.3) is 5.56 Å². The van der Waals surface area contributed by atoms with Crippen LogP contribution in [0.2, 0.25) is 0 Å². The van der Waals surface area contributed by atoms with E-state index in [1.165, 1.54) is 12.0 Å². The van der Waals surface area contributed by atoms with Crippen LogP contribution in [-0.2, 0) is 18.3 Å². The summed E-state index contributed by atoms with van der Waals surface area (Å²) in [6, 6.07) is 10.7. The molecule has 140 valence electrons. The van der Waals surface area contributed by atoms with E-state index < -0.39 is 0 Å². The van der Waals surface area contributed by atoms with Crippen LogP contribution >= 0.6 is 0 Å². The number of aromatic amines is 1. The first-order valence-electron chi connectivity index (χ1n) is 9.76. The average molecular weight is 363 g/mol. The maximum atomic E-state index is 12.2. The average Bonchev–Trinajstić information content (AvgIpc) is 3.10. The molecule has 0 aliphatic carbocycles. The van der Waals surface area contributed by atoms with Crippen LogP contribution in [0.4, 0.5) is 0 Å². The van der Waals surface area contributed by atoms with Crippen molar-refractivity contribution < 1.29 is 4.74 Å². The van der Waals surface area contributed by atoms with Gasteiger partial charge in [0, 0.05) is 50.0 Å². The minimum atomic E-state index is 0.00804. The summed E-state index contributed by atoms with van der Waals surface area (Å²) in [7, 11) is 1.77. The van der Waals surface area contributed by atoms with E-state index in [1.54, 1.807) is 11.6 Å². The summed E-state index contributed by atoms with van der Waals surface area (Å²) in [6.07, 6.45) is 7.32. The molecule has 1 N–H and O–H groups in total. The fourth-order valence-corrected chi connectivity index (χ4v) is 4.41. The Labute approximate surface area is 158 Å². The Kier molecular flexibility index (Phi) is 3.95. The van der Waals surface area contributed by atoms with Crippen LogP contribution < -0.4 is 5.56 Å². The molecule has 5 rings (SSSR count). The van der Waals surface area contributed by atoms with Gasteiger partial charge in [-0.05, 0) is 36.5 Å². The summed E-state index contributed by atoms with van der Waals surface area (Å²) in [5.74, 6) is 0. The van der Waals surface area contributed by atoms with Crippen molar-refractivity contribution in [3.63, 3.8) is 0 Å². The molecule has 2 aliphatic rings. The lowest BCUT2D eigenvalue weighted by atomic mass is 9.84. The van der Waals surface area contributed by atoms with Gasteiger partial charge in [0.1, 0.15) is 5.52 Å². The monoisotopic (exact) mass is 363 g/mol. The van der Waals surface area contributed by atoms with Gasteiger partial charge in [-0.3, -0.25) is 9.69 Å². The molecule has 0 amide bonds. The van der Waals surface area contributed by atoms with Gasteiger partial charge in [0.15, 0.2) is 0 Å². The molecule has 5 heteroatoms. The summed E-state index contributed by atoms with van der Waals surface area (Å²) < 4.78 is 7.41. The number of aromatic nitrogens is 2. The largest absolute Gasteiger partial charge is 0.375 e. The lowest BCUT2D eigenvalue weighted by Gasteiger charge is -2.47. The molecule has 2 saturated heterocycles. The number of rotatable bonds is 3. The maximum absolute atomic E-state index is 12.2. The summed E-state index contributed by atoms with van der Waals surface area (Å²) >= 11 is 0. The number of nitrogens with one attached hydrogen (secondary N) is 1. The van der Waals surface area contributed by atoms with Crippen molar-refractivity contribution in [2.75, 3.05) is 19.7 Å². The highest BCUT2D eigenvalue weighted by molar-refractivity contribution is 5.94. The molecule has 0 unspecified atom stereocenters. The van der Waals surface area contributed by atoms with Crippen molar-refractivity contribution in [3.8, 4) is 11.1 Å². The SMILES string of the molecule is Cn1ccc2c(-c3ccc(CN4CCC5(CCO5)CC4)cc3)c[nH]c2c1=O. The van der Waals surface area contributed by atoms with Crippen molar-refractivity contribution in [2.45, 2.75) is 31.4 Å². The molecule has 2 fully saturated rings. The third-order valence-corrected chi connectivity index (χ3v) is 6.32. The Morgan fingerprint density at radius 1 is 1.11 bits per heavy atom. The maximum Gasteiger partial charge on any atom is 0.274 e. The highest BCUT2D eigenvalue weighted by Crippen LogP contribution is 2.37. The lowest BCUT2D eigenvalue weighted by Crippen LogP contribution is -2.52. The number of H-pyrrole nitrogens is 1. The van der Waals surface area contributed by atoms with Gasteiger partial charge in [0.2, 0.25) is 0 Å². The quantitative estimate of drug-likeness (QED) is 0.777. The molecule has 27 heavy (non-hydrogen) atoms. The van der Waals surface area contributed by atoms with Gasteiger partial charge < -0.3 is 14.3 Å². The zero-order chi connectivity index (χ0) is 18.4. The first-order valence-corrected chi connectivity index (χ1v) is 9.76. The third-order valence-electron chi connectivity index (χ3n) is 6.32. The molecule has 0 atom stereocenters. The molecule has 5 nitrogen and oxygen atoms in total. The Morgan fingerprint density at radius 2 is 1.85 bits per heavy atom. The highest BCUT2D eigenvalue weighted by atomic mass is 16.5. The number of likely N-dealkylation sites (tertiary alicyclic amines) is 1. The highest BCUT2D eigenvalue weighted by Gasteiger charge is 2.40. The normalized spacial score (nSPS) is 19.4. The van der Waals surface area contributed by atoms with Crippen LogP contribution in [-0.4, -0.2) is 39.7 Å². The van der Waals surface area contributed by atoms with Gasteiger partial charge in [-0.2, -0.15) is 0 Å². The number of nitrogens with zero attached hydrogens (tertiary/aromatic N) is 2. The van der Waals surface area contributed by atoms with E-state index in [2.05, 4.69) is 34.1 Å². The Bertz CT molecular complexity index is 1020. The minimum absolute atomic E-state index is 0.00804. The van der Waals surface area contributed by atoms with E-state index in [0.717, 1.165) is 55.6 Å². The fraction of sp³-hybridized carbons (Fsp3) is 0.409. The van der Waals surface area contributed by atoms with Crippen molar-refractivity contribution in [3.05, 3.63) is 58.6 Å². The van der Waals surface area contributed by atoms with Crippen molar-refractivity contribution in [2.24, 2.45) is 7.05 Å². The zero-order valence-corrected chi connectivity index (χ0v) is 15.7. The molecule has 0 radical (unpaired) electrons. The number of pyridine rings is 1. The van der Waals surface area contributed by atoms with Gasteiger partial charge in [0.05, 0.1) is 12.2 Å². The van der Waals surface area contributed by atoms with Gasteiger partial charge in [-0.25, -0.2) is 0 Å². The van der Waals surface area contributed by atoms with E-state index in [9.17, 15) is 4.79 Å². The molecule has 1 aromatic carbocycles. The van der Waals surface area contributed by atoms with Crippen LogP contribution in [0.25, 0.3) is 22.0 Å². The zero-order valence-electron chi connectivity index (χ0n) is 15.7. The number of piperidine rings is 1. The van der Waals surface area contributed by atoms with Crippen molar-refractivity contribution in [1.82, 2.24) is 14.5 Å². The van der Waals surface area contributed by atoms with Crippen LogP contribution in [0.3, 0.4) is 0 Å². The second-order valence-corrected chi connectivity index (χ2v) is 7.98. The van der Waals surface area contributed by atoms with Crippen molar-refractivity contribution >= 4 is 10.9 Å². The fourth-order valence-electron chi connectivity index (χ4n) is 4.41. The molecular weight excluding hydrogens is 338 g/mol. The number of hydrogen-bond acceptors (Lipinski definition) is 3. The summed E-state index contributed by atoms with van der Waals surface area (Å²) in [5, 5.41) is 0.979. The van der Waals surface area contributed by atoms with Gasteiger partial charge in [-0.1, -0.05) is 24.3 Å². The molecule has 0 saturated carbocycles. The van der Waals surface area contributed by atoms with Gasteiger partial charge in [-0.15, -0.1) is 0 Å². The summed E-state index contributed by atoms with van der Waals surface area (Å²) in [4.78, 5) is 17.9. The van der Waals surface area contributed by atoms with Crippen LogP contribution in [0, 0.1) is 0 Å². The van der Waals surface area contributed by atoms with E-state index in [0.29, 0.717) is 5.52 Å². The minimum Gasteiger partial charge on any atom is -0.375 e. The molecule has 1 spiro atoms. The van der Waals surface area contributed by atoms with Crippen LogP contribution in [0.5, 0.6) is 0 Å². The molecule has 2 aromatic heterocycles. The first-order chi connectivity index (χ1) is 13.1. The predicted molar refractivity (Wildman–Crippen MR) is 107 cm³/mol. The number of hydrogen-bond donors (Lipinski definition) is 1. The van der Waals surface area contributed by atoms with E-state index >= 15 is 0 Å². The Hall–Kier alpha value is -2.37. The molecule has 3 aromatic rings. The van der Waals surface area contributed by atoms with E-state index in [-0.39, 0.29) is 11.2 Å². The molecule has 4 heterocycles. The Morgan fingerprint density at radius 3 is 2.52 bits per heavy atom. The number of aryl methyl sites for hydroxylation is 1. The van der Waals surface area contributed by atoms with Crippen LogP contribution in [0.15, 0.2) is 47.5 Å². The summed E-state index contributed by atoms with van der Waals surface area (Å²) in [5.41, 5.74) is 4.44. The molecular formula is C22H25N3O2. The summed E-state index contributed by atoms with van der Waals surface area (Å²) in [6.45, 7) is 4.17. The van der Waals surface area contributed by atoms with Crippen LogP contribution in [0.1, 0.15) is 24.8 Å². The van der Waals surface area contributed by atoms with Crippen molar-refractivity contribution in [1.29, 1.82) is 0 Å². The molecule has 0 bridgehead atoms. The third kappa shape index (κ3) is 2.91. The Balaban J connectivity index is 1.32. The standard InChI is InChI=1S/C22H25N3O2/c1-24-10-6-18-19(14-23-20(18)21(24)26)17-4-2-16(3-5-17)15-25-11-7-22(8-12-25)9-13-27-22/h2-6,10,14,23H,7-9,11-13,15H2,1H3. The number of benzene rings is 1. The van der Waals surface area contributed by atoms with Gasteiger partial charge >= 0.3 is 0 Å². The second kappa shape index (κ2) is 6.36. The number of fused-ring (bicyclic) bond motifs is 1. The smallest absolute Gasteiger partial charge is 0.274 e. The van der Waals surface area contributed by atoms with E-state index in [1.807, 2.05) is 18.5 Å².